The molecule has 1 amide bonds. The maximum absolute atomic E-state index is 11.7. The van der Waals surface area contributed by atoms with Gasteiger partial charge in [0, 0.05) is 39.1 Å². The van der Waals surface area contributed by atoms with Crippen molar-refractivity contribution in [3.63, 3.8) is 0 Å². The summed E-state index contributed by atoms with van der Waals surface area (Å²) in [6.45, 7) is 3.00. The minimum Gasteiger partial charge on any atom is -0.354 e. The number of aromatic nitrogens is 1. The van der Waals surface area contributed by atoms with Gasteiger partial charge in [-0.3, -0.25) is 14.8 Å². The van der Waals surface area contributed by atoms with E-state index in [1.165, 1.54) is 0 Å². The molecule has 104 valence electrons. The van der Waals surface area contributed by atoms with Crippen molar-refractivity contribution in [1.82, 2.24) is 20.5 Å². The number of rotatable bonds is 4. The molecule has 0 spiro atoms. The summed E-state index contributed by atoms with van der Waals surface area (Å²) in [6.07, 6.45) is 3.20. The zero-order valence-electron chi connectivity index (χ0n) is 10.8. The van der Waals surface area contributed by atoms with Gasteiger partial charge in [-0.05, 0) is 12.1 Å². The Kier molecular flexibility index (Phi) is 6.54. The van der Waals surface area contributed by atoms with Gasteiger partial charge in [-0.15, -0.1) is 24.0 Å². The van der Waals surface area contributed by atoms with Crippen LogP contribution in [0.25, 0.3) is 0 Å². The Bertz CT molecular complexity index is 437. The Morgan fingerprint density at radius 1 is 1.47 bits per heavy atom. The molecule has 1 aromatic heterocycles. The van der Waals surface area contributed by atoms with E-state index in [4.69, 9.17) is 0 Å². The lowest BCUT2D eigenvalue weighted by Crippen LogP contribution is -2.40. The molecule has 0 bridgehead atoms. The Morgan fingerprint density at radius 3 is 2.95 bits per heavy atom. The minimum absolute atomic E-state index is 0. The first-order valence-electron chi connectivity index (χ1n) is 5.95. The van der Waals surface area contributed by atoms with Gasteiger partial charge in [-0.25, -0.2) is 0 Å². The highest BCUT2D eigenvalue weighted by Crippen LogP contribution is 1.95. The lowest BCUT2D eigenvalue weighted by molar-refractivity contribution is 0.0954. The molecular formula is C12H18IN5O. The van der Waals surface area contributed by atoms with E-state index in [0.29, 0.717) is 18.7 Å². The van der Waals surface area contributed by atoms with Gasteiger partial charge in [-0.2, -0.15) is 0 Å². The third kappa shape index (κ3) is 4.66. The van der Waals surface area contributed by atoms with Crippen molar-refractivity contribution in [2.45, 2.75) is 0 Å². The molecule has 2 N–H and O–H groups in total. The maximum atomic E-state index is 11.7. The maximum Gasteiger partial charge on any atom is 0.252 e. The average Bonchev–Trinajstić information content (AvgIpc) is 2.81. The van der Waals surface area contributed by atoms with Crippen molar-refractivity contribution >= 4 is 35.8 Å². The number of carbonyl (C=O) groups is 1. The van der Waals surface area contributed by atoms with Gasteiger partial charge in [-0.1, -0.05) is 0 Å². The molecule has 0 aromatic carbocycles. The number of likely N-dealkylation sites (N-methyl/N-ethyl adjacent to an activating group) is 1. The van der Waals surface area contributed by atoms with Crippen LogP contribution in [-0.4, -0.2) is 55.0 Å². The largest absolute Gasteiger partial charge is 0.354 e. The molecule has 0 radical (unpaired) electrons. The van der Waals surface area contributed by atoms with E-state index < -0.39 is 0 Å². The minimum atomic E-state index is -0.105. The Labute approximate surface area is 129 Å². The number of hydrogen-bond donors (Lipinski definition) is 2. The van der Waals surface area contributed by atoms with E-state index in [9.17, 15) is 4.79 Å². The number of pyridine rings is 1. The summed E-state index contributed by atoms with van der Waals surface area (Å²) in [5.41, 5.74) is 0.577. The predicted molar refractivity (Wildman–Crippen MR) is 84.9 cm³/mol. The quantitative estimate of drug-likeness (QED) is 0.588. The van der Waals surface area contributed by atoms with E-state index in [1.807, 2.05) is 7.05 Å². The fourth-order valence-corrected chi connectivity index (χ4v) is 1.67. The second kappa shape index (κ2) is 7.93. The molecule has 2 heterocycles. The second-order valence-electron chi connectivity index (χ2n) is 4.05. The van der Waals surface area contributed by atoms with E-state index >= 15 is 0 Å². The molecule has 0 aliphatic carbocycles. The van der Waals surface area contributed by atoms with E-state index in [2.05, 4.69) is 25.5 Å². The standard InChI is InChI=1S/C12H17N5O.HI/c1-17-8-7-16-12(17)15-6-5-14-11(18)10-3-2-4-13-9-10;/h2-4,9H,5-8H2,1H3,(H,14,18)(H,15,16);1H. The third-order valence-corrected chi connectivity index (χ3v) is 2.68. The highest BCUT2D eigenvalue weighted by molar-refractivity contribution is 14.0. The Balaban J connectivity index is 0.00000180. The third-order valence-electron chi connectivity index (χ3n) is 2.68. The predicted octanol–water partition coefficient (Wildman–Crippen LogP) is 0.320. The molecule has 2 rings (SSSR count). The smallest absolute Gasteiger partial charge is 0.252 e. The SMILES string of the molecule is CN1CCN=C1NCCNC(=O)c1cccnc1.I. The summed E-state index contributed by atoms with van der Waals surface area (Å²) in [5.74, 6) is 0.789. The first-order chi connectivity index (χ1) is 8.77. The van der Waals surface area contributed by atoms with Gasteiger partial charge in [0.1, 0.15) is 0 Å². The van der Waals surface area contributed by atoms with Gasteiger partial charge < -0.3 is 15.5 Å². The number of halogens is 1. The molecule has 19 heavy (non-hydrogen) atoms. The molecule has 0 saturated heterocycles. The number of carbonyl (C=O) groups excluding carboxylic acids is 1. The molecule has 0 unspecified atom stereocenters. The zero-order chi connectivity index (χ0) is 12.8. The summed E-state index contributed by atoms with van der Waals surface area (Å²) in [6, 6.07) is 3.49. The molecule has 0 fully saturated rings. The van der Waals surface area contributed by atoms with Crippen molar-refractivity contribution in [3.05, 3.63) is 30.1 Å². The van der Waals surface area contributed by atoms with Crippen LogP contribution in [0.4, 0.5) is 0 Å². The van der Waals surface area contributed by atoms with Gasteiger partial charge in [0.2, 0.25) is 0 Å². The first kappa shape index (κ1) is 15.7. The number of amides is 1. The zero-order valence-corrected chi connectivity index (χ0v) is 13.1. The lowest BCUT2D eigenvalue weighted by atomic mass is 10.3. The summed E-state index contributed by atoms with van der Waals surface area (Å²) in [7, 11) is 1.99. The van der Waals surface area contributed by atoms with Crippen molar-refractivity contribution in [2.75, 3.05) is 33.2 Å². The number of aliphatic imine (C=N–C) groups is 1. The highest BCUT2D eigenvalue weighted by Gasteiger charge is 2.11. The Hall–Kier alpha value is -1.38. The van der Waals surface area contributed by atoms with Crippen LogP contribution in [0.5, 0.6) is 0 Å². The van der Waals surface area contributed by atoms with Crippen molar-refractivity contribution in [1.29, 1.82) is 0 Å². The van der Waals surface area contributed by atoms with Crippen molar-refractivity contribution < 1.29 is 4.79 Å². The molecule has 7 heteroatoms. The van der Waals surface area contributed by atoms with Gasteiger partial charge in [0.05, 0.1) is 12.1 Å². The molecule has 0 saturated carbocycles. The summed E-state index contributed by atoms with van der Waals surface area (Å²) in [4.78, 5) is 21.9. The fourth-order valence-electron chi connectivity index (χ4n) is 1.67. The van der Waals surface area contributed by atoms with Crippen LogP contribution in [0, 0.1) is 0 Å². The summed E-state index contributed by atoms with van der Waals surface area (Å²) in [5, 5.41) is 6.01. The lowest BCUT2D eigenvalue weighted by Gasteiger charge is -2.15. The van der Waals surface area contributed by atoms with Crippen LogP contribution >= 0.6 is 24.0 Å². The van der Waals surface area contributed by atoms with Crippen LogP contribution in [-0.2, 0) is 0 Å². The van der Waals surface area contributed by atoms with E-state index in [-0.39, 0.29) is 29.9 Å². The van der Waals surface area contributed by atoms with E-state index in [1.54, 1.807) is 24.5 Å². The van der Waals surface area contributed by atoms with Crippen molar-refractivity contribution in [3.8, 4) is 0 Å². The van der Waals surface area contributed by atoms with Crippen LogP contribution in [0.3, 0.4) is 0 Å². The molecule has 0 atom stereocenters. The van der Waals surface area contributed by atoms with E-state index in [0.717, 1.165) is 19.0 Å². The topological polar surface area (TPSA) is 69.6 Å². The normalized spacial score (nSPS) is 13.5. The number of hydrogen-bond acceptors (Lipinski definition) is 5. The average molecular weight is 375 g/mol. The molecule has 1 aliphatic heterocycles. The second-order valence-corrected chi connectivity index (χ2v) is 4.05. The van der Waals surface area contributed by atoms with Crippen LogP contribution in [0.1, 0.15) is 10.4 Å². The van der Waals surface area contributed by atoms with Crippen LogP contribution in [0.15, 0.2) is 29.5 Å². The first-order valence-corrected chi connectivity index (χ1v) is 5.95. The van der Waals surface area contributed by atoms with Gasteiger partial charge in [0.25, 0.3) is 5.91 Å². The van der Waals surface area contributed by atoms with Gasteiger partial charge in [0.15, 0.2) is 5.96 Å². The monoisotopic (exact) mass is 375 g/mol. The molecule has 1 aliphatic rings. The highest BCUT2D eigenvalue weighted by atomic mass is 127. The molecular weight excluding hydrogens is 357 g/mol. The molecule has 1 aromatic rings. The summed E-state index contributed by atoms with van der Waals surface area (Å²) < 4.78 is 0. The number of nitrogens with zero attached hydrogens (tertiary/aromatic N) is 3. The fraction of sp³-hybridized carbons (Fsp3) is 0.417. The number of guanidine groups is 1. The van der Waals surface area contributed by atoms with Crippen LogP contribution < -0.4 is 10.6 Å². The van der Waals surface area contributed by atoms with Gasteiger partial charge >= 0.3 is 0 Å². The summed E-state index contributed by atoms with van der Waals surface area (Å²) >= 11 is 0. The van der Waals surface area contributed by atoms with Crippen molar-refractivity contribution in [2.24, 2.45) is 4.99 Å². The Morgan fingerprint density at radius 2 is 2.32 bits per heavy atom. The number of nitrogens with one attached hydrogen (secondary N) is 2. The molecule has 6 nitrogen and oxygen atoms in total. The van der Waals surface area contributed by atoms with Crippen LogP contribution in [0.2, 0.25) is 0 Å².